The van der Waals surface area contributed by atoms with Gasteiger partial charge in [-0.3, -0.25) is 0 Å². The van der Waals surface area contributed by atoms with Crippen LogP contribution in [0.5, 0.6) is 5.75 Å². The summed E-state index contributed by atoms with van der Waals surface area (Å²) in [7, 11) is 0. The SMILES string of the molecule is Cc1cc(CN)c(O)c(CN)c1. The molecule has 0 bridgehead atoms. The van der Waals surface area contributed by atoms with Crippen LogP contribution in [0.2, 0.25) is 0 Å². The molecule has 0 radical (unpaired) electrons. The summed E-state index contributed by atoms with van der Waals surface area (Å²) in [5.41, 5.74) is 13.5. The van der Waals surface area contributed by atoms with E-state index in [0.717, 1.165) is 16.7 Å². The van der Waals surface area contributed by atoms with Crippen molar-refractivity contribution in [3.8, 4) is 5.75 Å². The Morgan fingerprint density at radius 3 is 1.92 bits per heavy atom. The van der Waals surface area contributed by atoms with Gasteiger partial charge in [0.1, 0.15) is 5.75 Å². The van der Waals surface area contributed by atoms with E-state index in [1.165, 1.54) is 0 Å². The third-order valence-corrected chi connectivity index (χ3v) is 1.85. The van der Waals surface area contributed by atoms with Crippen LogP contribution in [-0.4, -0.2) is 5.11 Å². The fraction of sp³-hybridized carbons (Fsp3) is 0.333. The van der Waals surface area contributed by atoms with E-state index in [0.29, 0.717) is 13.1 Å². The summed E-state index contributed by atoms with van der Waals surface area (Å²) in [4.78, 5) is 0. The van der Waals surface area contributed by atoms with Crippen LogP contribution >= 0.6 is 0 Å². The maximum atomic E-state index is 9.55. The minimum absolute atomic E-state index is 0.241. The number of phenolic OH excluding ortho intramolecular Hbond substituents is 1. The first-order chi connectivity index (χ1) is 5.69. The quantitative estimate of drug-likeness (QED) is 0.603. The molecule has 0 atom stereocenters. The molecule has 66 valence electrons. The van der Waals surface area contributed by atoms with E-state index in [1.807, 2.05) is 19.1 Å². The maximum absolute atomic E-state index is 9.55. The number of phenols is 1. The molecule has 0 spiro atoms. The molecule has 0 heterocycles. The van der Waals surface area contributed by atoms with E-state index in [-0.39, 0.29) is 5.75 Å². The average Bonchev–Trinajstić information content (AvgIpc) is 2.08. The van der Waals surface area contributed by atoms with Crippen LogP contribution in [0.1, 0.15) is 16.7 Å². The van der Waals surface area contributed by atoms with Crippen LogP contribution in [0, 0.1) is 6.92 Å². The lowest BCUT2D eigenvalue weighted by molar-refractivity contribution is 0.461. The fourth-order valence-electron chi connectivity index (χ4n) is 1.25. The Labute approximate surface area is 72.0 Å². The number of benzene rings is 1. The Morgan fingerprint density at radius 1 is 1.17 bits per heavy atom. The Balaban J connectivity index is 3.22. The highest BCUT2D eigenvalue weighted by Gasteiger charge is 2.05. The largest absolute Gasteiger partial charge is 0.507 e. The first-order valence-electron chi connectivity index (χ1n) is 3.90. The van der Waals surface area contributed by atoms with Gasteiger partial charge in [-0.1, -0.05) is 17.7 Å². The molecule has 0 aliphatic carbocycles. The van der Waals surface area contributed by atoms with Crippen LogP contribution in [0.25, 0.3) is 0 Å². The van der Waals surface area contributed by atoms with Gasteiger partial charge in [0.15, 0.2) is 0 Å². The summed E-state index contributed by atoms with van der Waals surface area (Å²) < 4.78 is 0. The minimum atomic E-state index is 0.241. The Hall–Kier alpha value is -1.06. The van der Waals surface area contributed by atoms with E-state index in [2.05, 4.69) is 0 Å². The molecule has 0 aliphatic rings. The van der Waals surface area contributed by atoms with Crippen LogP contribution in [0.15, 0.2) is 12.1 Å². The van der Waals surface area contributed by atoms with Gasteiger partial charge in [0, 0.05) is 24.2 Å². The first kappa shape index (κ1) is 9.03. The van der Waals surface area contributed by atoms with Gasteiger partial charge in [0.05, 0.1) is 0 Å². The predicted octanol–water partition coefficient (Wildman–Crippen LogP) is 0.618. The molecule has 1 aromatic rings. The average molecular weight is 166 g/mol. The van der Waals surface area contributed by atoms with Crippen LogP contribution < -0.4 is 11.5 Å². The van der Waals surface area contributed by atoms with E-state index in [9.17, 15) is 5.11 Å². The molecule has 1 rings (SSSR count). The summed E-state index contributed by atoms with van der Waals surface area (Å²) >= 11 is 0. The summed E-state index contributed by atoms with van der Waals surface area (Å²) in [5, 5.41) is 9.55. The van der Waals surface area contributed by atoms with Crippen molar-refractivity contribution in [2.45, 2.75) is 20.0 Å². The number of aromatic hydroxyl groups is 1. The molecule has 12 heavy (non-hydrogen) atoms. The number of rotatable bonds is 2. The molecule has 0 unspecified atom stereocenters. The lowest BCUT2D eigenvalue weighted by Crippen LogP contribution is -2.03. The van der Waals surface area contributed by atoms with Crippen molar-refractivity contribution >= 4 is 0 Å². The van der Waals surface area contributed by atoms with Crippen molar-refractivity contribution in [3.63, 3.8) is 0 Å². The Bertz CT molecular complexity index is 259. The summed E-state index contributed by atoms with van der Waals surface area (Å²) in [5.74, 6) is 0.241. The van der Waals surface area contributed by atoms with Gasteiger partial charge in [0.25, 0.3) is 0 Å². The molecule has 0 aliphatic heterocycles. The van der Waals surface area contributed by atoms with E-state index in [4.69, 9.17) is 11.5 Å². The van der Waals surface area contributed by atoms with Gasteiger partial charge in [-0.25, -0.2) is 0 Å². The molecule has 0 amide bonds. The van der Waals surface area contributed by atoms with Crippen LogP contribution in [0.4, 0.5) is 0 Å². The second kappa shape index (κ2) is 3.56. The van der Waals surface area contributed by atoms with Gasteiger partial charge in [-0.2, -0.15) is 0 Å². The zero-order valence-corrected chi connectivity index (χ0v) is 7.17. The fourth-order valence-corrected chi connectivity index (χ4v) is 1.25. The zero-order valence-electron chi connectivity index (χ0n) is 7.17. The van der Waals surface area contributed by atoms with Crippen molar-refractivity contribution in [1.29, 1.82) is 0 Å². The van der Waals surface area contributed by atoms with E-state index >= 15 is 0 Å². The third kappa shape index (κ3) is 1.57. The van der Waals surface area contributed by atoms with Crippen molar-refractivity contribution in [1.82, 2.24) is 0 Å². The zero-order chi connectivity index (χ0) is 9.14. The molecule has 0 saturated heterocycles. The molecule has 3 nitrogen and oxygen atoms in total. The molecule has 0 saturated carbocycles. The van der Waals surface area contributed by atoms with Gasteiger partial charge in [-0.15, -0.1) is 0 Å². The first-order valence-corrected chi connectivity index (χ1v) is 3.90. The normalized spacial score (nSPS) is 10.2. The monoisotopic (exact) mass is 166 g/mol. The predicted molar refractivity (Wildman–Crippen MR) is 48.6 cm³/mol. The Kier molecular flexibility index (Phi) is 2.68. The lowest BCUT2D eigenvalue weighted by Gasteiger charge is -2.08. The lowest BCUT2D eigenvalue weighted by atomic mass is 10.0. The highest BCUT2D eigenvalue weighted by atomic mass is 16.3. The second-order valence-electron chi connectivity index (χ2n) is 2.84. The number of hydrogen-bond acceptors (Lipinski definition) is 3. The second-order valence-corrected chi connectivity index (χ2v) is 2.84. The van der Waals surface area contributed by atoms with Gasteiger partial charge in [0.2, 0.25) is 0 Å². The highest BCUT2D eigenvalue weighted by molar-refractivity contribution is 5.43. The highest BCUT2D eigenvalue weighted by Crippen LogP contribution is 2.23. The van der Waals surface area contributed by atoms with Crippen molar-refractivity contribution in [3.05, 3.63) is 28.8 Å². The van der Waals surface area contributed by atoms with Crippen LogP contribution in [-0.2, 0) is 13.1 Å². The smallest absolute Gasteiger partial charge is 0.124 e. The van der Waals surface area contributed by atoms with Crippen molar-refractivity contribution in [2.24, 2.45) is 11.5 Å². The minimum Gasteiger partial charge on any atom is -0.507 e. The van der Waals surface area contributed by atoms with Gasteiger partial charge >= 0.3 is 0 Å². The number of aryl methyl sites for hydroxylation is 1. The molecule has 1 aromatic carbocycles. The summed E-state index contributed by atoms with van der Waals surface area (Å²) in [6.07, 6.45) is 0. The molecule has 5 N–H and O–H groups in total. The van der Waals surface area contributed by atoms with Gasteiger partial charge in [-0.05, 0) is 6.92 Å². The third-order valence-electron chi connectivity index (χ3n) is 1.85. The van der Waals surface area contributed by atoms with E-state index < -0.39 is 0 Å². The summed E-state index contributed by atoms with van der Waals surface area (Å²) in [6, 6.07) is 3.74. The Morgan fingerprint density at radius 2 is 1.58 bits per heavy atom. The topological polar surface area (TPSA) is 72.3 Å². The van der Waals surface area contributed by atoms with Gasteiger partial charge < -0.3 is 16.6 Å². The van der Waals surface area contributed by atoms with Crippen molar-refractivity contribution < 1.29 is 5.11 Å². The number of hydrogen-bond donors (Lipinski definition) is 3. The maximum Gasteiger partial charge on any atom is 0.124 e. The summed E-state index contributed by atoms with van der Waals surface area (Å²) in [6.45, 7) is 2.65. The van der Waals surface area contributed by atoms with E-state index in [1.54, 1.807) is 0 Å². The molecule has 0 aromatic heterocycles. The number of nitrogens with two attached hydrogens (primary N) is 2. The molecule has 0 fully saturated rings. The molecule has 3 heteroatoms. The molecular weight excluding hydrogens is 152 g/mol. The molecular formula is C9H14N2O. The standard InChI is InChI=1S/C9H14N2O/c1-6-2-7(4-10)9(12)8(3-6)5-11/h2-3,12H,4-5,10-11H2,1H3. The van der Waals surface area contributed by atoms with Crippen LogP contribution in [0.3, 0.4) is 0 Å². The van der Waals surface area contributed by atoms with Crippen molar-refractivity contribution in [2.75, 3.05) is 0 Å².